The molecule has 0 fully saturated rings. The lowest BCUT2D eigenvalue weighted by molar-refractivity contribution is 0.100. The number of benzene rings is 1. The van der Waals surface area contributed by atoms with E-state index < -0.39 is 6.10 Å². The molecule has 142 valence electrons. The van der Waals surface area contributed by atoms with Gasteiger partial charge in [0.25, 0.3) is 0 Å². The molecule has 1 atom stereocenters. The zero-order chi connectivity index (χ0) is 19.2. The van der Waals surface area contributed by atoms with E-state index in [1.807, 2.05) is 24.3 Å². The third-order valence-electron chi connectivity index (χ3n) is 3.84. The molecule has 1 unspecified atom stereocenters. The molecule has 0 saturated heterocycles. The first-order chi connectivity index (χ1) is 12.3. The molecule has 0 aliphatic rings. The molecule has 2 aromatic rings. The molecule has 0 spiro atoms. The van der Waals surface area contributed by atoms with Crippen LogP contribution in [0.2, 0.25) is 0 Å². The van der Waals surface area contributed by atoms with Gasteiger partial charge in [-0.15, -0.1) is 10.2 Å². The number of nitrogens with two attached hydrogens (primary N) is 1. The van der Waals surface area contributed by atoms with E-state index in [1.54, 1.807) is 6.07 Å². The number of β-amino-alcohol motifs (C(OH)–C–C–N with tert-alkyl or cyclic N) is 1. The van der Waals surface area contributed by atoms with E-state index in [1.165, 1.54) is 0 Å². The van der Waals surface area contributed by atoms with Crippen molar-refractivity contribution in [1.29, 1.82) is 0 Å². The number of hydrogen-bond donors (Lipinski definition) is 4. The van der Waals surface area contributed by atoms with Gasteiger partial charge < -0.3 is 20.6 Å². The molecule has 26 heavy (non-hydrogen) atoms. The van der Waals surface area contributed by atoms with E-state index in [-0.39, 0.29) is 12.1 Å². The maximum absolute atomic E-state index is 10.2. The van der Waals surface area contributed by atoms with Gasteiger partial charge in [0, 0.05) is 17.6 Å². The Labute approximate surface area is 154 Å². The molecule has 0 aliphatic carbocycles. The van der Waals surface area contributed by atoms with Crippen LogP contribution in [0, 0.1) is 0 Å². The Bertz CT molecular complexity index is 698. The molecular weight excluding hydrogens is 330 g/mol. The van der Waals surface area contributed by atoms with E-state index in [0.717, 1.165) is 17.5 Å². The molecule has 1 heterocycles. The van der Waals surface area contributed by atoms with E-state index in [2.05, 4.69) is 48.6 Å². The maximum atomic E-state index is 10.2. The van der Waals surface area contributed by atoms with Crippen LogP contribution in [0.15, 0.2) is 30.3 Å². The number of ether oxygens (including phenoxy) is 1. The van der Waals surface area contributed by atoms with Crippen molar-refractivity contribution >= 4 is 5.82 Å². The summed E-state index contributed by atoms with van der Waals surface area (Å²) in [4.78, 5) is 0. The lowest BCUT2D eigenvalue weighted by Crippen LogP contribution is -2.42. The van der Waals surface area contributed by atoms with Gasteiger partial charge >= 0.3 is 0 Å². The van der Waals surface area contributed by atoms with Crippen LogP contribution in [0.4, 0.5) is 5.82 Å². The van der Waals surface area contributed by atoms with E-state index in [4.69, 9.17) is 10.6 Å². The topological polar surface area (TPSA) is 105 Å². The Hall–Kier alpha value is -2.22. The fourth-order valence-electron chi connectivity index (χ4n) is 2.34. The van der Waals surface area contributed by atoms with E-state index in [9.17, 15) is 5.11 Å². The number of aliphatic hydroxyl groups excluding tert-OH is 1. The predicted octanol–water partition coefficient (Wildman–Crippen LogP) is 2.12. The number of hydrogen-bond acceptors (Lipinski definition) is 7. The fourth-order valence-corrected chi connectivity index (χ4v) is 2.34. The fraction of sp³-hybridized carbons (Fsp3) is 0.474. The molecule has 7 nitrogen and oxygen atoms in total. The van der Waals surface area contributed by atoms with Crippen molar-refractivity contribution in [3.63, 3.8) is 0 Å². The molecule has 1 aromatic heterocycles. The standard InChI is InChI=1S/C19H29N5O2/c1-5-13-6-7-15(16-8-9-18(22-20)24-23-16)17(10-13)26-12-14(25)11-21-19(2,3)4/h6-10,14,21,25H,5,11-12,20H2,1-4H3,(H,22,24). The quantitative estimate of drug-likeness (QED) is 0.423. The number of anilines is 1. The van der Waals surface area contributed by atoms with Gasteiger partial charge in [0.1, 0.15) is 18.5 Å². The normalized spacial score (nSPS) is 12.7. The molecule has 2 rings (SSSR count). The van der Waals surface area contributed by atoms with Gasteiger partial charge in [-0.3, -0.25) is 0 Å². The smallest absolute Gasteiger partial charge is 0.162 e. The second kappa shape index (κ2) is 8.93. The summed E-state index contributed by atoms with van der Waals surface area (Å²) in [6, 6.07) is 9.57. The highest BCUT2D eigenvalue weighted by Crippen LogP contribution is 2.30. The van der Waals surface area contributed by atoms with Crippen LogP contribution >= 0.6 is 0 Å². The van der Waals surface area contributed by atoms with Gasteiger partial charge in [-0.05, 0) is 57.0 Å². The van der Waals surface area contributed by atoms with Gasteiger partial charge in [-0.2, -0.15) is 0 Å². The van der Waals surface area contributed by atoms with Crippen molar-refractivity contribution in [2.45, 2.75) is 45.8 Å². The summed E-state index contributed by atoms with van der Waals surface area (Å²) in [6.07, 6.45) is 0.286. The summed E-state index contributed by atoms with van der Waals surface area (Å²) in [5.74, 6) is 6.51. The highest BCUT2D eigenvalue weighted by atomic mass is 16.5. The molecule has 0 radical (unpaired) electrons. The van der Waals surface area contributed by atoms with Crippen molar-refractivity contribution in [2.75, 3.05) is 18.6 Å². The molecule has 0 aliphatic heterocycles. The summed E-state index contributed by atoms with van der Waals surface area (Å²) in [5, 5.41) is 21.7. The van der Waals surface area contributed by atoms with E-state index in [0.29, 0.717) is 23.8 Å². The number of aryl methyl sites for hydroxylation is 1. The third kappa shape index (κ3) is 5.94. The summed E-state index contributed by atoms with van der Waals surface area (Å²) in [6.45, 7) is 8.91. The Kier molecular flexibility index (Phi) is 6.90. The van der Waals surface area contributed by atoms with Crippen LogP contribution in [0.25, 0.3) is 11.3 Å². The van der Waals surface area contributed by atoms with Crippen molar-refractivity contribution in [3.8, 4) is 17.0 Å². The number of aromatic nitrogens is 2. The lowest BCUT2D eigenvalue weighted by atomic mass is 10.1. The average Bonchev–Trinajstić information content (AvgIpc) is 2.64. The molecule has 0 saturated carbocycles. The number of nitrogens with one attached hydrogen (secondary N) is 2. The summed E-state index contributed by atoms with van der Waals surface area (Å²) in [7, 11) is 0. The van der Waals surface area contributed by atoms with Gasteiger partial charge in [0.15, 0.2) is 5.82 Å². The zero-order valence-electron chi connectivity index (χ0n) is 15.9. The SMILES string of the molecule is CCc1ccc(-c2ccc(NN)nn2)c(OCC(O)CNC(C)(C)C)c1. The first-order valence-corrected chi connectivity index (χ1v) is 8.82. The summed E-state index contributed by atoms with van der Waals surface area (Å²) in [5.41, 5.74) is 5.07. The number of aliphatic hydroxyl groups is 1. The van der Waals surface area contributed by atoms with Crippen LogP contribution in [0.5, 0.6) is 5.75 Å². The van der Waals surface area contributed by atoms with E-state index >= 15 is 0 Å². The van der Waals surface area contributed by atoms with Crippen molar-refractivity contribution < 1.29 is 9.84 Å². The zero-order valence-corrected chi connectivity index (χ0v) is 15.9. The van der Waals surface area contributed by atoms with Gasteiger partial charge in [-0.25, -0.2) is 5.84 Å². The Morgan fingerprint density at radius 1 is 1.19 bits per heavy atom. The highest BCUT2D eigenvalue weighted by Gasteiger charge is 2.15. The first-order valence-electron chi connectivity index (χ1n) is 8.82. The van der Waals surface area contributed by atoms with Crippen molar-refractivity contribution in [2.24, 2.45) is 5.84 Å². The number of nitrogen functional groups attached to an aromatic ring is 1. The Balaban J connectivity index is 2.14. The molecule has 7 heteroatoms. The van der Waals surface area contributed by atoms with Crippen LogP contribution in [0.3, 0.4) is 0 Å². The highest BCUT2D eigenvalue weighted by molar-refractivity contribution is 5.68. The minimum atomic E-state index is -0.609. The number of nitrogens with zero attached hydrogens (tertiary/aromatic N) is 2. The van der Waals surface area contributed by atoms with Crippen molar-refractivity contribution in [3.05, 3.63) is 35.9 Å². The van der Waals surface area contributed by atoms with Crippen LogP contribution in [-0.4, -0.2) is 40.1 Å². The average molecular weight is 359 g/mol. The maximum Gasteiger partial charge on any atom is 0.162 e. The Morgan fingerprint density at radius 3 is 2.54 bits per heavy atom. The minimum Gasteiger partial charge on any atom is -0.490 e. The van der Waals surface area contributed by atoms with Gasteiger partial charge in [-0.1, -0.05) is 13.0 Å². The van der Waals surface area contributed by atoms with Crippen molar-refractivity contribution in [1.82, 2.24) is 15.5 Å². The molecular formula is C19H29N5O2. The molecule has 0 amide bonds. The number of hydrazine groups is 1. The van der Waals surface area contributed by atoms with Crippen LogP contribution in [-0.2, 0) is 6.42 Å². The summed E-state index contributed by atoms with van der Waals surface area (Å²) >= 11 is 0. The predicted molar refractivity (Wildman–Crippen MR) is 104 cm³/mol. The second-order valence-corrected chi connectivity index (χ2v) is 7.23. The molecule has 0 bridgehead atoms. The third-order valence-corrected chi connectivity index (χ3v) is 3.84. The largest absolute Gasteiger partial charge is 0.490 e. The van der Waals surface area contributed by atoms with Crippen LogP contribution in [0.1, 0.15) is 33.3 Å². The Morgan fingerprint density at radius 2 is 1.96 bits per heavy atom. The molecule has 5 N–H and O–H groups in total. The monoisotopic (exact) mass is 359 g/mol. The van der Waals surface area contributed by atoms with Gasteiger partial charge in [0.05, 0.1) is 5.69 Å². The van der Waals surface area contributed by atoms with Crippen LogP contribution < -0.4 is 21.3 Å². The minimum absolute atomic E-state index is 0.0529. The number of rotatable bonds is 8. The first kappa shape index (κ1) is 20.1. The second-order valence-electron chi connectivity index (χ2n) is 7.23. The lowest BCUT2D eigenvalue weighted by Gasteiger charge is -2.23. The summed E-state index contributed by atoms with van der Waals surface area (Å²) < 4.78 is 5.92. The van der Waals surface area contributed by atoms with Gasteiger partial charge in [0.2, 0.25) is 0 Å². The molecule has 1 aromatic carbocycles.